The zero-order chi connectivity index (χ0) is 39.2. The van der Waals surface area contributed by atoms with Crippen LogP contribution in [-0.4, -0.2) is 19.5 Å². The fraction of sp³-hybridized carbons (Fsp3) is 0.0556. The SMILES string of the molecule is CC1(C)c2ccc(-c3ccc4c(c3)c3ccccc3n4-c3ccccc3)cc2-c2c(-c3nc(-c4ccccc4)nc(-c4ccc5c(c4)oc4ccccc45)n3)cccc21. The van der Waals surface area contributed by atoms with Crippen molar-refractivity contribution in [3.05, 3.63) is 193 Å². The molecule has 59 heavy (non-hydrogen) atoms. The van der Waals surface area contributed by atoms with Crippen LogP contribution in [0.25, 0.3) is 106 Å². The maximum atomic E-state index is 6.31. The maximum Gasteiger partial charge on any atom is 0.164 e. The van der Waals surface area contributed by atoms with E-state index in [2.05, 4.69) is 164 Å². The first-order chi connectivity index (χ1) is 29.0. The van der Waals surface area contributed by atoms with Crippen LogP contribution in [-0.2, 0) is 5.41 Å². The monoisotopic (exact) mass is 756 g/mol. The van der Waals surface area contributed by atoms with Crippen molar-refractivity contribution >= 4 is 43.7 Å². The molecule has 0 N–H and O–H groups in total. The van der Waals surface area contributed by atoms with Crippen LogP contribution in [0.3, 0.4) is 0 Å². The van der Waals surface area contributed by atoms with E-state index in [4.69, 9.17) is 19.4 Å². The van der Waals surface area contributed by atoms with Gasteiger partial charge in [-0.05, 0) is 88.0 Å². The molecule has 1 aliphatic rings. The minimum Gasteiger partial charge on any atom is -0.456 e. The Hall–Kier alpha value is -7.63. The molecule has 0 saturated heterocycles. The number of nitrogens with zero attached hydrogens (tertiary/aromatic N) is 4. The van der Waals surface area contributed by atoms with Crippen molar-refractivity contribution in [1.29, 1.82) is 0 Å². The van der Waals surface area contributed by atoms with Crippen molar-refractivity contribution in [2.75, 3.05) is 0 Å². The molecule has 8 aromatic carbocycles. The van der Waals surface area contributed by atoms with Crippen molar-refractivity contribution < 1.29 is 4.42 Å². The molecule has 0 unspecified atom stereocenters. The van der Waals surface area contributed by atoms with Crippen LogP contribution in [0, 0.1) is 0 Å². The van der Waals surface area contributed by atoms with Gasteiger partial charge in [-0.2, -0.15) is 0 Å². The van der Waals surface area contributed by atoms with Gasteiger partial charge >= 0.3 is 0 Å². The number of benzene rings is 8. The lowest BCUT2D eigenvalue weighted by atomic mass is 9.82. The highest BCUT2D eigenvalue weighted by Crippen LogP contribution is 2.53. The quantitative estimate of drug-likeness (QED) is 0.175. The molecule has 5 heteroatoms. The summed E-state index contributed by atoms with van der Waals surface area (Å²) in [5.74, 6) is 1.87. The molecule has 0 atom stereocenters. The van der Waals surface area contributed by atoms with Gasteiger partial charge in [0.25, 0.3) is 0 Å². The highest BCUT2D eigenvalue weighted by atomic mass is 16.3. The molecule has 11 aromatic rings. The molecule has 278 valence electrons. The van der Waals surface area contributed by atoms with Crippen LogP contribution in [0.1, 0.15) is 25.0 Å². The van der Waals surface area contributed by atoms with Gasteiger partial charge in [0.1, 0.15) is 11.2 Å². The molecule has 3 aromatic heterocycles. The normalized spacial score (nSPS) is 13.1. The molecule has 12 rings (SSSR count). The summed E-state index contributed by atoms with van der Waals surface area (Å²) < 4.78 is 8.67. The highest BCUT2D eigenvalue weighted by Gasteiger charge is 2.37. The van der Waals surface area contributed by atoms with Gasteiger partial charge < -0.3 is 8.98 Å². The van der Waals surface area contributed by atoms with E-state index in [9.17, 15) is 0 Å². The second-order valence-electron chi connectivity index (χ2n) is 16.0. The molecule has 5 nitrogen and oxygen atoms in total. The Morgan fingerprint density at radius 3 is 1.90 bits per heavy atom. The summed E-state index contributed by atoms with van der Waals surface area (Å²) in [7, 11) is 0. The Labute approximate surface area is 340 Å². The topological polar surface area (TPSA) is 56.7 Å². The van der Waals surface area contributed by atoms with Crippen molar-refractivity contribution in [1.82, 2.24) is 19.5 Å². The van der Waals surface area contributed by atoms with Crippen molar-refractivity contribution in [3.8, 4) is 62.1 Å². The second-order valence-corrected chi connectivity index (χ2v) is 16.0. The summed E-state index contributed by atoms with van der Waals surface area (Å²) in [6.45, 7) is 4.64. The maximum absolute atomic E-state index is 6.31. The molecule has 0 saturated carbocycles. The Kier molecular flexibility index (Phi) is 7.20. The fourth-order valence-corrected chi connectivity index (χ4v) is 9.38. The molecule has 0 bridgehead atoms. The molecule has 0 radical (unpaired) electrons. The third-order valence-electron chi connectivity index (χ3n) is 12.3. The minimum absolute atomic E-state index is 0.225. The van der Waals surface area contributed by atoms with Gasteiger partial charge in [0.2, 0.25) is 0 Å². The van der Waals surface area contributed by atoms with Crippen molar-refractivity contribution in [2.45, 2.75) is 19.3 Å². The molecule has 0 spiro atoms. The molecule has 0 aliphatic heterocycles. The van der Waals surface area contributed by atoms with Crippen LogP contribution in [0.15, 0.2) is 186 Å². The summed E-state index contributed by atoms with van der Waals surface area (Å²) >= 11 is 0. The lowest BCUT2D eigenvalue weighted by Gasteiger charge is -2.21. The molecular weight excluding hydrogens is 721 g/mol. The number of aromatic nitrogens is 4. The summed E-state index contributed by atoms with van der Waals surface area (Å²) in [6.07, 6.45) is 0. The van der Waals surface area contributed by atoms with Crippen LogP contribution in [0.5, 0.6) is 0 Å². The third-order valence-corrected chi connectivity index (χ3v) is 12.3. The van der Waals surface area contributed by atoms with E-state index in [0.717, 1.165) is 44.3 Å². The van der Waals surface area contributed by atoms with Gasteiger partial charge in [-0.15, -0.1) is 0 Å². The molecule has 1 aliphatic carbocycles. The zero-order valence-electron chi connectivity index (χ0n) is 32.5. The molecule has 3 heterocycles. The van der Waals surface area contributed by atoms with E-state index in [-0.39, 0.29) is 5.41 Å². The Bertz CT molecular complexity index is 3470. The van der Waals surface area contributed by atoms with Crippen molar-refractivity contribution in [3.63, 3.8) is 0 Å². The van der Waals surface area contributed by atoms with E-state index in [1.54, 1.807) is 0 Å². The predicted octanol–water partition coefficient (Wildman–Crippen LogP) is 13.8. The van der Waals surface area contributed by atoms with E-state index < -0.39 is 0 Å². The highest BCUT2D eigenvalue weighted by molar-refractivity contribution is 6.11. The average Bonchev–Trinajstić information content (AvgIpc) is 3.91. The summed E-state index contributed by atoms with van der Waals surface area (Å²) in [5, 5.41) is 4.63. The van der Waals surface area contributed by atoms with Crippen molar-refractivity contribution in [2.24, 2.45) is 0 Å². The fourth-order valence-electron chi connectivity index (χ4n) is 9.38. The Balaban J connectivity index is 1.03. The smallest absolute Gasteiger partial charge is 0.164 e. The van der Waals surface area contributed by atoms with Gasteiger partial charge in [-0.1, -0.05) is 141 Å². The largest absolute Gasteiger partial charge is 0.456 e. The number of fused-ring (bicyclic) bond motifs is 9. The number of hydrogen-bond acceptors (Lipinski definition) is 4. The number of rotatable bonds is 5. The Morgan fingerprint density at radius 1 is 0.407 bits per heavy atom. The standard InChI is InChI=1S/C54H36N4O/c1-54(2)44-28-25-34(35-26-29-47-42(30-35)38-18-9-11-22-46(38)58(47)37-16-7-4-8-17-37)31-43(44)50-41(20-13-21-45(50)54)53-56-51(33-14-5-3-6-15-33)55-52(57-53)36-24-27-40-39-19-10-12-23-48(39)59-49(40)32-36/h3-32H,1-2H3. The predicted molar refractivity (Wildman–Crippen MR) is 241 cm³/mol. The Morgan fingerprint density at radius 2 is 1.05 bits per heavy atom. The molecule has 0 amide bonds. The summed E-state index contributed by atoms with van der Waals surface area (Å²) in [6, 6.07) is 64.3. The van der Waals surface area contributed by atoms with Crippen LogP contribution < -0.4 is 0 Å². The van der Waals surface area contributed by atoms with E-state index >= 15 is 0 Å². The average molecular weight is 757 g/mol. The first-order valence-corrected chi connectivity index (χ1v) is 20.1. The van der Waals surface area contributed by atoms with E-state index in [1.807, 2.05) is 36.4 Å². The third kappa shape index (κ3) is 5.14. The summed E-state index contributed by atoms with van der Waals surface area (Å²) in [5.41, 5.74) is 15.0. The van der Waals surface area contributed by atoms with Gasteiger partial charge in [0.15, 0.2) is 17.5 Å². The second kappa shape index (κ2) is 12.7. The van der Waals surface area contributed by atoms with Crippen LogP contribution >= 0.6 is 0 Å². The van der Waals surface area contributed by atoms with Gasteiger partial charge in [-0.3, -0.25) is 0 Å². The first-order valence-electron chi connectivity index (χ1n) is 20.1. The number of furan rings is 1. The van der Waals surface area contributed by atoms with Gasteiger partial charge in [-0.25, -0.2) is 15.0 Å². The lowest BCUT2D eigenvalue weighted by molar-refractivity contribution is 0.660. The zero-order valence-corrected chi connectivity index (χ0v) is 32.5. The first kappa shape index (κ1) is 33.5. The number of hydrogen-bond donors (Lipinski definition) is 0. The lowest BCUT2D eigenvalue weighted by Crippen LogP contribution is -2.14. The van der Waals surface area contributed by atoms with Crippen LogP contribution in [0.4, 0.5) is 0 Å². The number of para-hydroxylation sites is 3. The van der Waals surface area contributed by atoms with Crippen LogP contribution in [0.2, 0.25) is 0 Å². The summed E-state index contributed by atoms with van der Waals surface area (Å²) in [4.78, 5) is 15.6. The van der Waals surface area contributed by atoms with Gasteiger partial charge in [0, 0.05) is 49.3 Å². The minimum atomic E-state index is -0.225. The molecular formula is C54H36N4O. The van der Waals surface area contributed by atoms with Gasteiger partial charge in [0.05, 0.1) is 11.0 Å². The molecule has 0 fully saturated rings. The van der Waals surface area contributed by atoms with E-state index in [0.29, 0.717) is 17.5 Å². The van der Waals surface area contributed by atoms with E-state index in [1.165, 1.54) is 55.2 Å².